The highest BCUT2D eigenvalue weighted by molar-refractivity contribution is 7.80. The van der Waals surface area contributed by atoms with E-state index in [0.717, 1.165) is 27.6 Å². The molecule has 4 rings (SSSR count). The molecule has 7 nitrogen and oxygen atoms in total. The fraction of sp³-hybridized carbons (Fsp3) is 0.0769. The van der Waals surface area contributed by atoms with Crippen LogP contribution in [0.4, 0.5) is 10.8 Å². The molecule has 0 aliphatic heterocycles. The smallest absolute Gasteiger partial charge is 0.181 e. The van der Waals surface area contributed by atoms with E-state index >= 15 is 0 Å². The van der Waals surface area contributed by atoms with Gasteiger partial charge in [-0.1, -0.05) is 0 Å². The van der Waals surface area contributed by atoms with Crippen LogP contribution in [0.15, 0.2) is 35.9 Å². The van der Waals surface area contributed by atoms with E-state index < -0.39 is 0 Å². The molecule has 4 heterocycles. The minimum absolute atomic E-state index is 0.596. The van der Waals surface area contributed by atoms with Crippen LogP contribution in [0, 0.1) is 6.92 Å². The molecule has 0 unspecified atom stereocenters. The number of aryl methyl sites for hydroxylation is 1. The summed E-state index contributed by atoms with van der Waals surface area (Å²) in [4.78, 5) is 8.89. The van der Waals surface area contributed by atoms with Crippen molar-refractivity contribution in [3.63, 3.8) is 0 Å². The Balaban J connectivity index is 1.85. The van der Waals surface area contributed by atoms with Crippen molar-refractivity contribution in [3.05, 3.63) is 36.5 Å². The van der Waals surface area contributed by atoms with Crippen molar-refractivity contribution < 1.29 is 0 Å². The van der Waals surface area contributed by atoms with Gasteiger partial charge in [-0.25, -0.2) is 9.97 Å². The number of thiol groups is 1. The van der Waals surface area contributed by atoms with E-state index in [1.807, 2.05) is 29.8 Å². The van der Waals surface area contributed by atoms with Gasteiger partial charge >= 0.3 is 0 Å². The maximum atomic E-state index is 4.47. The number of hydrogen-bond donors (Lipinski definition) is 3. The first kappa shape index (κ1) is 13.3. The molecule has 0 aliphatic carbocycles. The molecule has 9 heteroatoms. The van der Waals surface area contributed by atoms with Crippen molar-refractivity contribution >= 4 is 40.6 Å². The summed E-state index contributed by atoms with van der Waals surface area (Å²) in [5.41, 5.74) is 3.56. The second kappa shape index (κ2) is 5.11. The maximum Gasteiger partial charge on any atom is 0.181 e. The maximum absolute atomic E-state index is 4.47. The first-order valence-electron chi connectivity index (χ1n) is 6.47. The van der Waals surface area contributed by atoms with Gasteiger partial charge in [-0.05, 0) is 24.5 Å². The lowest BCUT2D eigenvalue weighted by molar-refractivity contribution is 1.03. The first-order valence-corrected chi connectivity index (χ1v) is 7.69. The molecule has 0 amide bonds. The van der Waals surface area contributed by atoms with Crippen molar-refractivity contribution in [2.75, 3.05) is 5.32 Å². The first-order chi connectivity index (χ1) is 10.7. The summed E-state index contributed by atoms with van der Waals surface area (Å²) < 4.78 is 6.19. The Morgan fingerprint density at radius 1 is 1.36 bits per heavy atom. The zero-order valence-electron chi connectivity index (χ0n) is 11.5. The number of rotatable bonds is 3. The van der Waals surface area contributed by atoms with Crippen LogP contribution in [0.1, 0.15) is 5.69 Å². The van der Waals surface area contributed by atoms with E-state index in [9.17, 15) is 0 Å². The Bertz CT molecular complexity index is 939. The molecule has 0 spiro atoms. The van der Waals surface area contributed by atoms with Crippen molar-refractivity contribution in [1.29, 1.82) is 0 Å². The summed E-state index contributed by atoms with van der Waals surface area (Å²) in [6, 6.07) is 1.97. The minimum atomic E-state index is 0.596. The molecule has 22 heavy (non-hydrogen) atoms. The Hall–Kier alpha value is -2.39. The summed E-state index contributed by atoms with van der Waals surface area (Å²) in [6.45, 7) is 1.95. The monoisotopic (exact) mass is 329 g/mol. The van der Waals surface area contributed by atoms with Crippen molar-refractivity contribution in [2.24, 2.45) is 0 Å². The number of anilines is 2. The number of nitrogens with zero attached hydrogens (tertiary/aromatic N) is 5. The Morgan fingerprint density at radius 3 is 3.00 bits per heavy atom. The van der Waals surface area contributed by atoms with Crippen LogP contribution >= 0.6 is 24.2 Å². The Kier molecular flexibility index (Phi) is 3.09. The van der Waals surface area contributed by atoms with Crippen LogP contribution in [0.5, 0.6) is 0 Å². The molecular weight excluding hydrogens is 318 g/mol. The van der Waals surface area contributed by atoms with Gasteiger partial charge in [-0.15, -0.1) is 12.6 Å². The van der Waals surface area contributed by atoms with Gasteiger partial charge in [0.25, 0.3) is 0 Å². The summed E-state index contributed by atoms with van der Waals surface area (Å²) >= 11 is 5.77. The zero-order valence-corrected chi connectivity index (χ0v) is 13.2. The lowest BCUT2D eigenvalue weighted by Gasteiger charge is -2.06. The Morgan fingerprint density at radius 2 is 2.27 bits per heavy atom. The number of aromatic nitrogens is 6. The predicted octanol–water partition coefficient (Wildman–Crippen LogP) is 2.92. The predicted molar refractivity (Wildman–Crippen MR) is 88.0 cm³/mol. The SMILES string of the molecule is Cc1cc(Nc2nc(S)cn3c(-c4cn[nH]c4)cnc23)sn1. The number of fused-ring (bicyclic) bond motifs is 1. The molecule has 0 aliphatic rings. The van der Waals surface area contributed by atoms with Gasteiger partial charge in [0.2, 0.25) is 0 Å². The second-order valence-electron chi connectivity index (χ2n) is 4.73. The topological polar surface area (TPSA) is 83.8 Å². The molecule has 0 radical (unpaired) electrons. The summed E-state index contributed by atoms with van der Waals surface area (Å²) in [5, 5.41) is 11.6. The molecule has 4 aromatic rings. The summed E-state index contributed by atoms with van der Waals surface area (Å²) in [7, 11) is 0. The molecule has 2 N–H and O–H groups in total. The fourth-order valence-corrected chi connectivity index (χ4v) is 3.08. The lowest BCUT2D eigenvalue weighted by atomic mass is 10.3. The molecule has 0 atom stereocenters. The average molecular weight is 329 g/mol. The molecular formula is C13H11N7S2. The Labute approximate surface area is 135 Å². The van der Waals surface area contributed by atoms with Gasteiger partial charge in [0.1, 0.15) is 10.0 Å². The third-order valence-corrected chi connectivity index (χ3v) is 4.15. The molecule has 110 valence electrons. The molecule has 0 aromatic carbocycles. The second-order valence-corrected chi connectivity index (χ2v) is 5.99. The van der Waals surface area contributed by atoms with Crippen LogP contribution in [-0.4, -0.2) is 28.9 Å². The quantitative estimate of drug-likeness (QED) is 0.503. The molecule has 0 saturated heterocycles. The van der Waals surface area contributed by atoms with Crippen molar-refractivity contribution in [3.8, 4) is 11.3 Å². The van der Waals surface area contributed by atoms with Crippen LogP contribution in [0.2, 0.25) is 0 Å². The van der Waals surface area contributed by atoms with E-state index in [4.69, 9.17) is 0 Å². The van der Waals surface area contributed by atoms with Crippen LogP contribution in [0.25, 0.3) is 16.9 Å². The van der Waals surface area contributed by atoms with E-state index in [1.165, 1.54) is 11.5 Å². The van der Waals surface area contributed by atoms with Crippen molar-refractivity contribution in [2.45, 2.75) is 11.9 Å². The third-order valence-electron chi connectivity index (χ3n) is 3.14. The molecule has 4 aromatic heterocycles. The van der Waals surface area contributed by atoms with Gasteiger partial charge in [0.05, 0.1) is 23.8 Å². The van der Waals surface area contributed by atoms with Crippen LogP contribution < -0.4 is 5.32 Å². The zero-order chi connectivity index (χ0) is 15.1. The number of H-pyrrole nitrogens is 1. The number of aromatic amines is 1. The molecule has 0 bridgehead atoms. The average Bonchev–Trinajstić information content (AvgIpc) is 3.18. The van der Waals surface area contributed by atoms with E-state index in [0.29, 0.717) is 10.8 Å². The highest BCUT2D eigenvalue weighted by atomic mass is 32.1. The van der Waals surface area contributed by atoms with Gasteiger partial charge in [-0.3, -0.25) is 9.50 Å². The molecule has 0 fully saturated rings. The van der Waals surface area contributed by atoms with Gasteiger partial charge in [-0.2, -0.15) is 9.47 Å². The van der Waals surface area contributed by atoms with Gasteiger partial charge in [0, 0.05) is 18.0 Å². The van der Waals surface area contributed by atoms with Crippen LogP contribution in [0.3, 0.4) is 0 Å². The summed E-state index contributed by atoms with van der Waals surface area (Å²) in [6.07, 6.45) is 7.19. The molecule has 0 saturated carbocycles. The highest BCUT2D eigenvalue weighted by Crippen LogP contribution is 2.27. The standard InChI is InChI=1S/C13H11N7S2/c1-7-2-11(22-19-7)18-12-13-14-5-9(8-3-15-16-4-8)20(13)6-10(21)17-12/h2-6,21H,1H3,(H,15,16)(H,17,18). The van der Waals surface area contributed by atoms with E-state index in [-0.39, 0.29) is 0 Å². The normalized spacial score (nSPS) is 11.2. The number of nitrogens with one attached hydrogen (secondary N) is 2. The van der Waals surface area contributed by atoms with Gasteiger partial charge < -0.3 is 5.32 Å². The van der Waals surface area contributed by atoms with E-state index in [1.54, 1.807) is 12.4 Å². The van der Waals surface area contributed by atoms with Crippen molar-refractivity contribution in [1.82, 2.24) is 28.9 Å². The largest absolute Gasteiger partial charge is 0.328 e. The fourth-order valence-electron chi connectivity index (χ4n) is 2.20. The van der Waals surface area contributed by atoms with Crippen LogP contribution in [-0.2, 0) is 0 Å². The number of hydrogen-bond acceptors (Lipinski definition) is 7. The van der Waals surface area contributed by atoms with E-state index in [2.05, 4.69) is 42.5 Å². The minimum Gasteiger partial charge on any atom is -0.328 e. The lowest BCUT2D eigenvalue weighted by Crippen LogP contribution is -1.98. The summed E-state index contributed by atoms with van der Waals surface area (Å²) in [5.74, 6) is 0.644. The highest BCUT2D eigenvalue weighted by Gasteiger charge is 2.13. The third kappa shape index (κ3) is 2.24. The van der Waals surface area contributed by atoms with Gasteiger partial charge in [0.15, 0.2) is 11.5 Å². The number of imidazole rings is 1.